The molecule has 0 aliphatic heterocycles. The minimum absolute atomic E-state index is 0.0478. The SMILES string of the molecule is CCCCCCCCCCCCNCC(=O)[C@@H](O)[C@H](O)[C@H](O)CO.O=C(O)C(=O)O. The molecule has 0 bridgehead atoms. The molecule has 3 atom stereocenters. The number of carbonyl (C=O) groups is 3. The molecule has 178 valence electrons. The van der Waals surface area contributed by atoms with Crippen molar-refractivity contribution in [2.24, 2.45) is 0 Å². The summed E-state index contributed by atoms with van der Waals surface area (Å²) >= 11 is 0. The smallest absolute Gasteiger partial charge is 0.414 e. The highest BCUT2D eigenvalue weighted by Gasteiger charge is 2.29. The highest BCUT2D eigenvalue weighted by atomic mass is 16.4. The zero-order valence-electron chi connectivity index (χ0n) is 17.8. The Morgan fingerprint density at radius 1 is 0.767 bits per heavy atom. The zero-order valence-corrected chi connectivity index (χ0v) is 17.8. The fourth-order valence-corrected chi connectivity index (χ4v) is 2.56. The predicted molar refractivity (Wildman–Crippen MR) is 110 cm³/mol. The largest absolute Gasteiger partial charge is 0.473 e. The summed E-state index contributed by atoms with van der Waals surface area (Å²) in [5.74, 6) is -4.23. The zero-order chi connectivity index (χ0) is 23.4. The fourth-order valence-electron chi connectivity index (χ4n) is 2.56. The normalized spacial score (nSPS) is 13.6. The van der Waals surface area contributed by atoms with Crippen molar-refractivity contribution in [3.63, 3.8) is 0 Å². The van der Waals surface area contributed by atoms with Gasteiger partial charge >= 0.3 is 11.9 Å². The van der Waals surface area contributed by atoms with Crippen LogP contribution in [0.5, 0.6) is 0 Å². The van der Waals surface area contributed by atoms with Gasteiger partial charge in [0.05, 0.1) is 13.2 Å². The number of carboxylic acid groups (broad SMARTS) is 2. The molecule has 0 rings (SSSR count). The van der Waals surface area contributed by atoms with Crippen LogP contribution in [0.4, 0.5) is 0 Å². The van der Waals surface area contributed by atoms with E-state index in [2.05, 4.69) is 12.2 Å². The van der Waals surface area contributed by atoms with E-state index in [-0.39, 0.29) is 6.54 Å². The van der Waals surface area contributed by atoms with Gasteiger partial charge in [-0.1, -0.05) is 64.7 Å². The van der Waals surface area contributed by atoms with Gasteiger partial charge < -0.3 is 36.0 Å². The molecule has 0 aromatic carbocycles. The Balaban J connectivity index is 0. The first-order chi connectivity index (χ1) is 14.2. The average molecular weight is 438 g/mol. The second kappa shape index (κ2) is 20.7. The van der Waals surface area contributed by atoms with E-state index in [1.54, 1.807) is 0 Å². The predicted octanol–water partition coefficient (Wildman–Crippen LogP) is 0.297. The van der Waals surface area contributed by atoms with Crippen LogP contribution in [0.15, 0.2) is 0 Å². The van der Waals surface area contributed by atoms with Gasteiger partial charge in [-0.3, -0.25) is 4.79 Å². The standard InChI is InChI=1S/C18H37NO5.C2H2O4/c1-2-3-4-5-6-7-8-9-10-11-12-19-13-15(21)17(23)18(24)16(22)14-20;3-1(4)2(5)6/h16-20,22-24H,2-14H2,1H3;(H,3,4)(H,5,6)/t16-,17-,18-;/m1./s1. The summed E-state index contributed by atoms with van der Waals surface area (Å²) < 4.78 is 0. The van der Waals surface area contributed by atoms with Crippen molar-refractivity contribution >= 4 is 17.7 Å². The molecule has 0 saturated heterocycles. The lowest BCUT2D eigenvalue weighted by Gasteiger charge is -2.20. The third-order valence-electron chi connectivity index (χ3n) is 4.42. The molecule has 10 nitrogen and oxygen atoms in total. The fraction of sp³-hybridized carbons (Fsp3) is 0.850. The maximum absolute atomic E-state index is 11.6. The summed E-state index contributed by atoms with van der Waals surface area (Å²) in [6, 6.07) is 0. The number of rotatable bonds is 17. The van der Waals surface area contributed by atoms with E-state index < -0.39 is 42.6 Å². The van der Waals surface area contributed by atoms with Crippen LogP contribution in [-0.4, -0.2) is 86.4 Å². The summed E-state index contributed by atoms with van der Waals surface area (Å²) in [7, 11) is 0. The summed E-state index contributed by atoms with van der Waals surface area (Å²) in [6.07, 6.45) is 7.66. The van der Waals surface area contributed by atoms with E-state index in [0.29, 0.717) is 6.54 Å². The van der Waals surface area contributed by atoms with Crippen molar-refractivity contribution in [1.29, 1.82) is 0 Å². The van der Waals surface area contributed by atoms with Crippen molar-refractivity contribution in [3.8, 4) is 0 Å². The highest BCUT2D eigenvalue weighted by Crippen LogP contribution is 2.10. The number of ketones is 1. The van der Waals surface area contributed by atoms with Crippen LogP contribution < -0.4 is 5.32 Å². The van der Waals surface area contributed by atoms with Gasteiger partial charge in [0, 0.05) is 0 Å². The minimum atomic E-state index is -1.82. The molecule has 0 radical (unpaired) electrons. The van der Waals surface area contributed by atoms with Gasteiger partial charge in [-0.25, -0.2) is 9.59 Å². The average Bonchev–Trinajstić information content (AvgIpc) is 2.72. The summed E-state index contributed by atoms with van der Waals surface area (Å²) in [5.41, 5.74) is 0. The first-order valence-corrected chi connectivity index (χ1v) is 10.5. The van der Waals surface area contributed by atoms with Crippen LogP contribution in [0.25, 0.3) is 0 Å². The summed E-state index contributed by atoms with van der Waals surface area (Å²) in [6.45, 7) is 2.17. The molecule has 0 aromatic rings. The second-order valence-electron chi connectivity index (χ2n) is 7.12. The van der Waals surface area contributed by atoms with Crippen LogP contribution in [0.3, 0.4) is 0 Å². The van der Waals surface area contributed by atoms with Crippen molar-refractivity contribution in [3.05, 3.63) is 0 Å². The summed E-state index contributed by atoms with van der Waals surface area (Å²) in [5, 5.41) is 54.6. The monoisotopic (exact) mass is 437 g/mol. The summed E-state index contributed by atoms with van der Waals surface area (Å²) in [4.78, 5) is 29.8. The van der Waals surface area contributed by atoms with Gasteiger partial charge in [-0.2, -0.15) is 0 Å². The van der Waals surface area contributed by atoms with Crippen molar-refractivity contribution in [1.82, 2.24) is 5.32 Å². The van der Waals surface area contributed by atoms with E-state index in [0.717, 1.165) is 12.8 Å². The van der Waals surface area contributed by atoms with Gasteiger partial charge in [0.2, 0.25) is 0 Å². The number of aliphatic hydroxyl groups is 4. The Hall–Kier alpha value is -1.59. The van der Waals surface area contributed by atoms with E-state index in [1.807, 2.05) is 0 Å². The Kier molecular flexibility index (Phi) is 21.1. The van der Waals surface area contributed by atoms with E-state index in [9.17, 15) is 20.1 Å². The van der Waals surface area contributed by atoms with Gasteiger partial charge in [-0.05, 0) is 13.0 Å². The van der Waals surface area contributed by atoms with Gasteiger partial charge in [0.25, 0.3) is 0 Å². The van der Waals surface area contributed by atoms with Crippen LogP contribution in [0.2, 0.25) is 0 Å². The first kappa shape index (κ1) is 30.6. The number of hydrogen-bond acceptors (Lipinski definition) is 8. The lowest BCUT2D eigenvalue weighted by molar-refractivity contribution is -0.159. The van der Waals surface area contributed by atoms with E-state index in [4.69, 9.17) is 24.9 Å². The first-order valence-electron chi connectivity index (χ1n) is 10.5. The molecule has 0 heterocycles. The Morgan fingerprint density at radius 2 is 1.20 bits per heavy atom. The molecule has 10 heteroatoms. The van der Waals surface area contributed by atoms with Crippen molar-refractivity contribution in [2.75, 3.05) is 19.7 Å². The Morgan fingerprint density at radius 3 is 1.60 bits per heavy atom. The molecule has 0 saturated carbocycles. The molecular weight excluding hydrogens is 398 g/mol. The minimum Gasteiger partial charge on any atom is -0.473 e. The van der Waals surface area contributed by atoms with E-state index in [1.165, 1.54) is 51.4 Å². The third-order valence-corrected chi connectivity index (χ3v) is 4.42. The van der Waals surface area contributed by atoms with Crippen LogP contribution >= 0.6 is 0 Å². The molecule has 0 spiro atoms. The number of nitrogens with one attached hydrogen (secondary N) is 1. The molecular formula is C20H39NO9. The number of hydrogen-bond donors (Lipinski definition) is 7. The molecule has 0 unspecified atom stereocenters. The highest BCUT2D eigenvalue weighted by molar-refractivity contribution is 6.27. The maximum Gasteiger partial charge on any atom is 0.414 e. The second-order valence-corrected chi connectivity index (χ2v) is 7.12. The van der Waals surface area contributed by atoms with Gasteiger partial charge in [0.15, 0.2) is 5.78 Å². The number of aliphatic hydroxyl groups excluding tert-OH is 4. The number of aliphatic carboxylic acids is 2. The van der Waals surface area contributed by atoms with Gasteiger partial charge in [-0.15, -0.1) is 0 Å². The maximum atomic E-state index is 11.6. The number of carboxylic acids is 2. The molecule has 7 N–H and O–H groups in total. The number of carbonyl (C=O) groups excluding carboxylic acids is 1. The lowest BCUT2D eigenvalue weighted by Crippen LogP contribution is -2.46. The van der Waals surface area contributed by atoms with Crippen LogP contribution in [0.1, 0.15) is 71.1 Å². The molecule has 0 amide bonds. The van der Waals surface area contributed by atoms with E-state index >= 15 is 0 Å². The Bertz CT molecular complexity index is 448. The molecule has 0 aliphatic rings. The molecule has 30 heavy (non-hydrogen) atoms. The topological polar surface area (TPSA) is 185 Å². The molecule has 0 aromatic heterocycles. The quantitative estimate of drug-likeness (QED) is 0.123. The van der Waals surface area contributed by atoms with Gasteiger partial charge in [0.1, 0.15) is 18.3 Å². The molecule has 0 aliphatic carbocycles. The lowest BCUT2D eigenvalue weighted by atomic mass is 10.0. The van der Waals surface area contributed by atoms with Crippen molar-refractivity contribution < 1.29 is 45.0 Å². The van der Waals surface area contributed by atoms with Crippen LogP contribution in [0, 0.1) is 0 Å². The number of Topliss-reactive ketones (excluding diaryl/α,β-unsaturated/α-hetero) is 1. The van der Waals surface area contributed by atoms with Crippen molar-refractivity contribution in [2.45, 2.75) is 89.4 Å². The third kappa shape index (κ3) is 18.4. The Labute approximate surface area is 177 Å². The number of unbranched alkanes of at least 4 members (excludes halogenated alkanes) is 9. The van der Waals surface area contributed by atoms with Crippen LogP contribution in [-0.2, 0) is 14.4 Å². The molecule has 0 fully saturated rings.